The minimum atomic E-state index is -0.476. The molecule has 0 aromatic carbocycles. The van der Waals surface area contributed by atoms with Crippen molar-refractivity contribution in [3.05, 3.63) is 11.7 Å². The zero-order valence-corrected chi connectivity index (χ0v) is 9.43. The summed E-state index contributed by atoms with van der Waals surface area (Å²) < 4.78 is 10.2. The molecule has 15 heavy (non-hydrogen) atoms. The second-order valence-corrected chi connectivity index (χ2v) is 3.44. The monoisotopic (exact) mass is 214 g/mol. The van der Waals surface area contributed by atoms with E-state index in [1.165, 1.54) is 0 Å². The Balaban J connectivity index is 2.65. The summed E-state index contributed by atoms with van der Waals surface area (Å²) in [5.41, 5.74) is 0. The number of ether oxygens (including phenoxy) is 1. The van der Waals surface area contributed by atoms with Crippen molar-refractivity contribution in [3.63, 3.8) is 0 Å². The number of aliphatic hydroxyl groups is 1. The van der Waals surface area contributed by atoms with Gasteiger partial charge in [-0.3, -0.25) is 0 Å². The molecule has 0 radical (unpaired) electrons. The average Bonchev–Trinajstić information content (AvgIpc) is 2.64. The zero-order chi connectivity index (χ0) is 11.3. The van der Waals surface area contributed by atoms with E-state index in [-0.39, 0.29) is 5.92 Å². The third kappa shape index (κ3) is 3.28. The van der Waals surface area contributed by atoms with Gasteiger partial charge in [-0.15, -0.1) is 0 Å². The first-order valence-corrected chi connectivity index (χ1v) is 5.27. The minimum Gasteiger partial charge on any atom is -0.393 e. The molecule has 2 atom stereocenters. The number of hydrogen-bond donors (Lipinski definition) is 1. The van der Waals surface area contributed by atoms with E-state index in [2.05, 4.69) is 10.1 Å². The summed E-state index contributed by atoms with van der Waals surface area (Å²) in [5, 5.41) is 13.3. The van der Waals surface area contributed by atoms with Gasteiger partial charge in [0.15, 0.2) is 5.82 Å². The summed E-state index contributed by atoms with van der Waals surface area (Å²) >= 11 is 0. The molecular formula is C10H18N2O3. The molecule has 86 valence electrons. The van der Waals surface area contributed by atoms with Crippen molar-refractivity contribution >= 4 is 0 Å². The predicted molar refractivity (Wildman–Crippen MR) is 54.3 cm³/mol. The summed E-state index contributed by atoms with van der Waals surface area (Å²) in [6, 6.07) is 0. The van der Waals surface area contributed by atoms with Crippen LogP contribution in [0.5, 0.6) is 0 Å². The maximum Gasteiger partial charge on any atom is 0.232 e. The van der Waals surface area contributed by atoms with Crippen LogP contribution in [0.2, 0.25) is 0 Å². The van der Waals surface area contributed by atoms with Gasteiger partial charge in [-0.1, -0.05) is 12.1 Å². The number of nitrogens with zero attached hydrogens (tertiary/aromatic N) is 2. The van der Waals surface area contributed by atoms with Crippen LogP contribution in [-0.4, -0.2) is 28.0 Å². The van der Waals surface area contributed by atoms with Crippen LogP contribution < -0.4 is 0 Å². The summed E-state index contributed by atoms with van der Waals surface area (Å²) in [5.74, 6) is 0.932. The Hall–Kier alpha value is -0.940. The molecule has 1 N–H and O–H groups in total. The fraction of sp³-hybridized carbons (Fsp3) is 0.800. The van der Waals surface area contributed by atoms with Crippen molar-refractivity contribution in [3.8, 4) is 0 Å². The van der Waals surface area contributed by atoms with E-state index in [1.54, 1.807) is 6.92 Å². The van der Waals surface area contributed by atoms with Crippen molar-refractivity contribution in [1.82, 2.24) is 10.1 Å². The molecule has 2 unspecified atom stereocenters. The first-order chi connectivity index (χ1) is 7.19. The molecule has 0 fully saturated rings. The van der Waals surface area contributed by atoms with Crippen LogP contribution >= 0.6 is 0 Å². The summed E-state index contributed by atoms with van der Waals surface area (Å²) in [6.07, 6.45) is 0.295. The molecule has 0 aliphatic heterocycles. The van der Waals surface area contributed by atoms with Crippen LogP contribution in [0.25, 0.3) is 0 Å². The van der Waals surface area contributed by atoms with Gasteiger partial charge in [-0.05, 0) is 20.3 Å². The molecular weight excluding hydrogens is 196 g/mol. The molecule has 1 rings (SSSR count). The van der Waals surface area contributed by atoms with Gasteiger partial charge in [0.05, 0.1) is 12.0 Å². The van der Waals surface area contributed by atoms with E-state index in [1.807, 2.05) is 13.8 Å². The number of aliphatic hydroxyl groups excluding tert-OH is 1. The van der Waals surface area contributed by atoms with E-state index in [0.717, 1.165) is 6.42 Å². The first kappa shape index (κ1) is 12.1. The standard InChI is InChI=1S/C10H18N2O3/c1-4-8(7(3)13)10-11-9(12-15-10)6-14-5-2/h7-8,13H,4-6H2,1-3H3. The molecule has 0 aliphatic rings. The van der Waals surface area contributed by atoms with Crippen molar-refractivity contribution in [1.29, 1.82) is 0 Å². The third-order valence-electron chi connectivity index (χ3n) is 2.26. The summed E-state index contributed by atoms with van der Waals surface area (Å²) in [6.45, 7) is 6.59. The largest absolute Gasteiger partial charge is 0.393 e. The third-order valence-corrected chi connectivity index (χ3v) is 2.26. The highest BCUT2D eigenvalue weighted by molar-refractivity contribution is 4.95. The Morgan fingerprint density at radius 1 is 1.47 bits per heavy atom. The van der Waals surface area contributed by atoms with E-state index >= 15 is 0 Å². The quantitative estimate of drug-likeness (QED) is 0.776. The topological polar surface area (TPSA) is 68.4 Å². The maximum absolute atomic E-state index is 9.49. The maximum atomic E-state index is 9.49. The van der Waals surface area contributed by atoms with E-state index in [0.29, 0.717) is 24.9 Å². The average molecular weight is 214 g/mol. The Kier molecular flexibility index (Phi) is 4.71. The van der Waals surface area contributed by atoms with Crippen LogP contribution in [0.4, 0.5) is 0 Å². The molecule has 0 aliphatic carbocycles. The summed E-state index contributed by atoms with van der Waals surface area (Å²) in [4.78, 5) is 4.18. The first-order valence-electron chi connectivity index (χ1n) is 5.27. The van der Waals surface area contributed by atoms with Gasteiger partial charge in [0.25, 0.3) is 0 Å². The number of hydrogen-bond acceptors (Lipinski definition) is 5. The molecule has 0 amide bonds. The molecule has 5 heteroatoms. The van der Waals surface area contributed by atoms with E-state index in [4.69, 9.17) is 9.26 Å². The highest BCUT2D eigenvalue weighted by Gasteiger charge is 2.21. The van der Waals surface area contributed by atoms with Crippen LogP contribution in [0, 0.1) is 0 Å². The predicted octanol–water partition coefficient (Wildman–Crippen LogP) is 1.48. The van der Waals surface area contributed by atoms with Crippen LogP contribution in [0.1, 0.15) is 44.8 Å². The van der Waals surface area contributed by atoms with Crippen molar-refractivity contribution in [2.75, 3.05) is 6.61 Å². The number of aromatic nitrogens is 2. The van der Waals surface area contributed by atoms with E-state index < -0.39 is 6.10 Å². The molecule has 1 heterocycles. The lowest BCUT2D eigenvalue weighted by Crippen LogP contribution is -2.14. The lowest BCUT2D eigenvalue weighted by Gasteiger charge is -2.12. The Morgan fingerprint density at radius 2 is 2.20 bits per heavy atom. The van der Waals surface area contributed by atoms with Crippen LogP contribution in [0.3, 0.4) is 0 Å². The lowest BCUT2D eigenvalue weighted by atomic mass is 10.0. The van der Waals surface area contributed by atoms with Gasteiger partial charge in [0.2, 0.25) is 5.89 Å². The molecule has 0 saturated heterocycles. The fourth-order valence-electron chi connectivity index (χ4n) is 1.39. The highest BCUT2D eigenvalue weighted by atomic mass is 16.5. The molecule has 0 bridgehead atoms. The molecule has 1 aromatic heterocycles. The van der Waals surface area contributed by atoms with Crippen LogP contribution in [0.15, 0.2) is 4.52 Å². The van der Waals surface area contributed by atoms with E-state index in [9.17, 15) is 5.11 Å². The SMILES string of the molecule is CCOCc1noc(C(CC)C(C)O)n1. The summed E-state index contributed by atoms with van der Waals surface area (Å²) in [7, 11) is 0. The second-order valence-electron chi connectivity index (χ2n) is 3.44. The van der Waals surface area contributed by atoms with Crippen molar-refractivity contribution in [2.45, 2.75) is 45.8 Å². The Morgan fingerprint density at radius 3 is 2.73 bits per heavy atom. The minimum absolute atomic E-state index is 0.0899. The fourth-order valence-corrected chi connectivity index (χ4v) is 1.39. The number of rotatable bonds is 6. The van der Waals surface area contributed by atoms with Gasteiger partial charge >= 0.3 is 0 Å². The highest BCUT2D eigenvalue weighted by Crippen LogP contribution is 2.21. The van der Waals surface area contributed by atoms with Gasteiger partial charge in [0, 0.05) is 6.61 Å². The zero-order valence-electron chi connectivity index (χ0n) is 9.43. The molecule has 0 spiro atoms. The molecule has 1 aromatic rings. The van der Waals surface area contributed by atoms with Gasteiger partial charge in [-0.2, -0.15) is 4.98 Å². The molecule has 5 nitrogen and oxygen atoms in total. The van der Waals surface area contributed by atoms with Crippen molar-refractivity contribution in [2.24, 2.45) is 0 Å². The van der Waals surface area contributed by atoms with Gasteiger partial charge in [0.1, 0.15) is 6.61 Å². The van der Waals surface area contributed by atoms with Gasteiger partial charge in [-0.25, -0.2) is 0 Å². The molecule has 0 saturated carbocycles. The Bertz CT molecular complexity index is 286. The van der Waals surface area contributed by atoms with Crippen LogP contribution in [-0.2, 0) is 11.3 Å². The second kappa shape index (κ2) is 5.82. The smallest absolute Gasteiger partial charge is 0.232 e. The Labute approximate surface area is 89.4 Å². The van der Waals surface area contributed by atoms with Gasteiger partial charge < -0.3 is 14.4 Å². The van der Waals surface area contributed by atoms with Crippen molar-refractivity contribution < 1.29 is 14.4 Å². The lowest BCUT2D eigenvalue weighted by molar-refractivity contribution is 0.126. The normalized spacial score (nSPS) is 15.2.